The number of nitrogens with one attached hydrogen (secondary N) is 2. The highest BCUT2D eigenvalue weighted by molar-refractivity contribution is 5.85. The van der Waals surface area contributed by atoms with Crippen LogP contribution >= 0.6 is 0 Å². The fraction of sp³-hybridized carbons (Fsp3) is 0.545. The summed E-state index contributed by atoms with van der Waals surface area (Å²) in [5.74, 6) is 0. The third kappa shape index (κ3) is 3.65. The maximum absolute atomic E-state index is 2.33. The highest BCUT2D eigenvalue weighted by atomic mass is 15.3. The maximum atomic E-state index is 2.33. The number of rotatable bonds is 3. The second kappa shape index (κ2) is 7.67. The Morgan fingerprint density at radius 3 is 2.25 bits per heavy atom. The zero-order valence-corrected chi connectivity index (χ0v) is 14.9. The van der Waals surface area contributed by atoms with Crippen LogP contribution in [0.4, 0.5) is 0 Å². The molecular formula is C22H32N2+2. The van der Waals surface area contributed by atoms with Crippen LogP contribution in [0.5, 0.6) is 0 Å². The Hall–Kier alpha value is -1.38. The Labute approximate surface area is 146 Å². The highest BCUT2D eigenvalue weighted by Gasteiger charge is 2.29. The molecule has 0 radical (unpaired) electrons. The lowest BCUT2D eigenvalue weighted by Gasteiger charge is -2.34. The first-order valence-corrected chi connectivity index (χ1v) is 10.0. The molecule has 2 aromatic carbocycles. The van der Waals surface area contributed by atoms with Gasteiger partial charge in [0.1, 0.15) is 32.7 Å². The number of quaternary nitrogens is 2. The van der Waals surface area contributed by atoms with Crippen LogP contribution in [0.15, 0.2) is 42.5 Å². The molecule has 1 heterocycles. The molecule has 0 amide bonds. The van der Waals surface area contributed by atoms with Crippen molar-refractivity contribution in [2.45, 2.75) is 51.1 Å². The van der Waals surface area contributed by atoms with Crippen LogP contribution in [-0.4, -0.2) is 32.2 Å². The molecule has 0 atom stereocenters. The van der Waals surface area contributed by atoms with Gasteiger partial charge in [0.25, 0.3) is 0 Å². The average Bonchev–Trinajstić information content (AvgIpc) is 2.92. The zero-order valence-electron chi connectivity index (χ0n) is 14.9. The molecule has 0 aromatic heterocycles. The summed E-state index contributed by atoms with van der Waals surface area (Å²) in [5.41, 5.74) is 1.53. The molecular weight excluding hydrogens is 292 g/mol. The number of hydrogen-bond donors (Lipinski definition) is 2. The van der Waals surface area contributed by atoms with Crippen molar-refractivity contribution in [3.8, 4) is 0 Å². The third-order valence-corrected chi connectivity index (χ3v) is 6.35. The van der Waals surface area contributed by atoms with Crippen LogP contribution in [0.1, 0.15) is 44.1 Å². The van der Waals surface area contributed by atoms with Gasteiger partial charge in [0.05, 0.1) is 6.04 Å². The lowest BCUT2D eigenvalue weighted by Crippen LogP contribution is -3.29. The van der Waals surface area contributed by atoms with E-state index in [0.29, 0.717) is 0 Å². The van der Waals surface area contributed by atoms with E-state index in [9.17, 15) is 0 Å². The minimum atomic E-state index is 0.964. The first-order chi connectivity index (χ1) is 11.9. The number of benzene rings is 2. The van der Waals surface area contributed by atoms with Crippen LogP contribution in [0, 0.1) is 0 Å². The standard InChI is InChI=1S/C22H30N2/c1-2-4-12-21(11-3-1)24-16-14-23(15-17-24)18-20-10-7-9-19-8-5-6-13-22(19)20/h5-10,13,21H,1-4,11-12,14-18H2/p+2. The van der Waals surface area contributed by atoms with Gasteiger partial charge in [-0.3, -0.25) is 0 Å². The van der Waals surface area contributed by atoms with Crippen molar-refractivity contribution in [2.75, 3.05) is 26.2 Å². The van der Waals surface area contributed by atoms with Crippen molar-refractivity contribution in [3.63, 3.8) is 0 Å². The Balaban J connectivity index is 1.37. The first kappa shape index (κ1) is 16.1. The molecule has 2 aromatic rings. The summed E-state index contributed by atoms with van der Waals surface area (Å²) in [6.07, 6.45) is 8.86. The van der Waals surface area contributed by atoms with Gasteiger partial charge in [-0.25, -0.2) is 0 Å². The molecule has 1 aliphatic heterocycles. The molecule has 2 N–H and O–H groups in total. The van der Waals surface area contributed by atoms with Crippen molar-refractivity contribution in [3.05, 3.63) is 48.0 Å². The summed E-state index contributed by atoms with van der Waals surface area (Å²) >= 11 is 0. The van der Waals surface area contributed by atoms with Gasteiger partial charge in [0.15, 0.2) is 0 Å². The summed E-state index contributed by atoms with van der Waals surface area (Å²) in [7, 11) is 0. The van der Waals surface area contributed by atoms with E-state index >= 15 is 0 Å². The smallest absolute Gasteiger partial charge is 0.127 e. The molecule has 128 valence electrons. The minimum Gasteiger partial charge on any atom is -0.323 e. The fourth-order valence-electron chi connectivity index (χ4n) is 4.91. The zero-order chi connectivity index (χ0) is 16.2. The summed E-state index contributed by atoms with van der Waals surface area (Å²) < 4.78 is 0. The van der Waals surface area contributed by atoms with Crippen molar-refractivity contribution in [1.29, 1.82) is 0 Å². The molecule has 2 heteroatoms. The van der Waals surface area contributed by atoms with Gasteiger partial charge in [0, 0.05) is 5.56 Å². The molecule has 24 heavy (non-hydrogen) atoms. The molecule has 0 bridgehead atoms. The summed E-state index contributed by atoms with van der Waals surface area (Å²) in [5, 5.41) is 2.84. The fourth-order valence-corrected chi connectivity index (χ4v) is 4.91. The average molecular weight is 325 g/mol. The molecule has 1 aliphatic carbocycles. The van der Waals surface area contributed by atoms with E-state index in [1.54, 1.807) is 4.90 Å². The molecule has 2 aliphatic rings. The van der Waals surface area contributed by atoms with Crippen molar-refractivity contribution in [1.82, 2.24) is 0 Å². The molecule has 4 rings (SSSR count). The van der Waals surface area contributed by atoms with E-state index < -0.39 is 0 Å². The first-order valence-electron chi connectivity index (χ1n) is 10.0. The minimum absolute atomic E-state index is 0.964. The largest absolute Gasteiger partial charge is 0.323 e. The van der Waals surface area contributed by atoms with Gasteiger partial charge in [-0.1, -0.05) is 55.3 Å². The second-order valence-corrected chi connectivity index (χ2v) is 7.91. The maximum Gasteiger partial charge on any atom is 0.127 e. The van der Waals surface area contributed by atoms with E-state index in [2.05, 4.69) is 42.5 Å². The molecule has 0 spiro atoms. The molecule has 2 fully saturated rings. The Bertz CT molecular complexity index is 645. The van der Waals surface area contributed by atoms with Gasteiger partial charge in [-0.2, -0.15) is 0 Å². The van der Waals surface area contributed by atoms with Gasteiger partial charge in [-0.15, -0.1) is 0 Å². The lowest BCUT2D eigenvalue weighted by molar-refractivity contribution is -1.03. The van der Waals surface area contributed by atoms with Crippen molar-refractivity contribution in [2.24, 2.45) is 0 Å². The molecule has 0 unspecified atom stereocenters. The van der Waals surface area contributed by atoms with E-state index in [-0.39, 0.29) is 0 Å². The summed E-state index contributed by atoms with van der Waals surface area (Å²) in [4.78, 5) is 3.70. The number of fused-ring (bicyclic) bond motifs is 1. The van der Waals surface area contributed by atoms with Crippen molar-refractivity contribution >= 4 is 10.8 Å². The highest BCUT2D eigenvalue weighted by Crippen LogP contribution is 2.18. The summed E-state index contributed by atoms with van der Waals surface area (Å²) in [6.45, 7) is 6.64. The summed E-state index contributed by atoms with van der Waals surface area (Å²) in [6, 6.07) is 16.6. The topological polar surface area (TPSA) is 8.88 Å². The normalized spacial score (nSPS) is 26.3. The molecule has 1 saturated carbocycles. The number of hydrogen-bond acceptors (Lipinski definition) is 0. The van der Waals surface area contributed by atoms with Crippen molar-refractivity contribution < 1.29 is 9.80 Å². The Morgan fingerprint density at radius 2 is 1.46 bits per heavy atom. The quantitative estimate of drug-likeness (QED) is 0.798. The van der Waals surface area contributed by atoms with Crippen LogP contribution in [-0.2, 0) is 6.54 Å². The number of piperazine rings is 1. The Kier molecular flexibility index (Phi) is 5.15. The van der Waals surface area contributed by atoms with Gasteiger partial charge in [-0.05, 0) is 36.5 Å². The SMILES string of the molecule is c1ccc2c(C[NH+]3CC[NH+](C4CCCCCC4)CC3)cccc2c1. The van der Waals surface area contributed by atoms with Crippen LogP contribution in [0.3, 0.4) is 0 Å². The lowest BCUT2D eigenvalue weighted by atomic mass is 10.0. The molecule has 1 saturated heterocycles. The van der Waals surface area contributed by atoms with E-state index in [0.717, 1.165) is 6.04 Å². The van der Waals surface area contributed by atoms with E-state index in [1.807, 2.05) is 4.90 Å². The van der Waals surface area contributed by atoms with Crippen LogP contribution in [0.2, 0.25) is 0 Å². The van der Waals surface area contributed by atoms with Gasteiger partial charge < -0.3 is 9.80 Å². The third-order valence-electron chi connectivity index (χ3n) is 6.35. The monoisotopic (exact) mass is 324 g/mol. The predicted octanol–water partition coefficient (Wildman–Crippen LogP) is 1.85. The molecule has 2 nitrogen and oxygen atoms in total. The van der Waals surface area contributed by atoms with Gasteiger partial charge in [0.2, 0.25) is 0 Å². The van der Waals surface area contributed by atoms with Crippen LogP contribution in [0.25, 0.3) is 10.8 Å². The van der Waals surface area contributed by atoms with E-state index in [4.69, 9.17) is 0 Å². The predicted molar refractivity (Wildman–Crippen MR) is 101 cm³/mol. The Morgan fingerprint density at radius 1 is 0.750 bits per heavy atom. The van der Waals surface area contributed by atoms with E-state index in [1.165, 1.54) is 87.6 Å². The van der Waals surface area contributed by atoms with Gasteiger partial charge >= 0.3 is 0 Å². The second-order valence-electron chi connectivity index (χ2n) is 7.91. The van der Waals surface area contributed by atoms with Crippen LogP contribution < -0.4 is 9.80 Å².